The van der Waals surface area contributed by atoms with Crippen LogP contribution in [0.5, 0.6) is 0 Å². The molecule has 0 aliphatic rings. The van der Waals surface area contributed by atoms with Crippen molar-refractivity contribution in [3.05, 3.63) is 15.8 Å². The van der Waals surface area contributed by atoms with Crippen LogP contribution >= 0.6 is 11.3 Å². The average Bonchev–Trinajstić information content (AvgIpc) is 3.21. The summed E-state index contributed by atoms with van der Waals surface area (Å²) in [5.41, 5.74) is 0. The summed E-state index contributed by atoms with van der Waals surface area (Å²) in [4.78, 5) is 3.63. The van der Waals surface area contributed by atoms with E-state index in [1.165, 1.54) is 103 Å². The van der Waals surface area contributed by atoms with E-state index >= 15 is 0 Å². The van der Waals surface area contributed by atoms with E-state index in [0.717, 1.165) is 11.8 Å². The summed E-state index contributed by atoms with van der Waals surface area (Å²) in [6.07, 6.45) is 22.7. The van der Waals surface area contributed by atoms with Gasteiger partial charge in [-0.1, -0.05) is 0 Å². The Morgan fingerprint density at radius 3 is 1.53 bits per heavy atom. The Hall–Kier alpha value is 0.499. The first-order valence-electron chi connectivity index (χ1n) is 15.5. The monoisotopic (exact) mass is 598 g/mol. The summed E-state index contributed by atoms with van der Waals surface area (Å²) < 4.78 is 6.89. The number of rotatable bonds is 22. The second-order valence-electron chi connectivity index (χ2n) is 12.1. The summed E-state index contributed by atoms with van der Waals surface area (Å²) in [6, 6.07) is 2.83. The zero-order chi connectivity index (χ0) is 25.2. The molecule has 34 heavy (non-hydrogen) atoms. The molecule has 1 aromatic rings. The molecule has 0 spiro atoms. The van der Waals surface area contributed by atoms with E-state index in [1.54, 1.807) is 18.2 Å². The van der Waals surface area contributed by atoms with Crippen molar-refractivity contribution < 1.29 is 0 Å². The van der Waals surface area contributed by atoms with Crippen LogP contribution in [0.4, 0.5) is 0 Å². The Labute approximate surface area is 224 Å². The fourth-order valence-corrected chi connectivity index (χ4v) is 25.6. The van der Waals surface area contributed by atoms with Crippen LogP contribution in [0.2, 0.25) is 13.3 Å². The third kappa shape index (κ3) is 13.2. The minimum absolute atomic E-state index is 0.862. The average molecular weight is 598 g/mol. The molecule has 2 heteroatoms. The van der Waals surface area contributed by atoms with Gasteiger partial charge in [0.2, 0.25) is 0 Å². The molecule has 0 radical (unpaired) electrons. The molecule has 0 fully saturated rings. The van der Waals surface area contributed by atoms with E-state index in [4.69, 9.17) is 0 Å². The van der Waals surface area contributed by atoms with Crippen LogP contribution in [0.15, 0.2) is 6.07 Å². The summed E-state index contributed by atoms with van der Waals surface area (Å²) in [5, 5.41) is 0. The predicted molar refractivity (Wildman–Crippen MR) is 163 cm³/mol. The fraction of sp³-hybridized carbons (Fsp3) is 0.875. The van der Waals surface area contributed by atoms with E-state index in [9.17, 15) is 0 Å². The van der Waals surface area contributed by atoms with Gasteiger partial charge in [-0.25, -0.2) is 0 Å². The first kappa shape index (κ1) is 32.5. The van der Waals surface area contributed by atoms with Crippen LogP contribution in [-0.4, -0.2) is 18.4 Å². The summed E-state index contributed by atoms with van der Waals surface area (Å²) >= 11 is -0.0827. The molecule has 1 heterocycles. The van der Waals surface area contributed by atoms with Crippen LogP contribution in [0.3, 0.4) is 0 Å². The van der Waals surface area contributed by atoms with Crippen molar-refractivity contribution in [3.63, 3.8) is 0 Å². The van der Waals surface area contributed by atoms with Gasteiger partial charge in [-0.2, -0.15) is 0 Å². The molecule has 1 aromatic heterocycles. The second kappa shape index (κ2) is 19.6. The molecule has 0 aromatic carbocycles. The molecule has 0 saturated carbocycles. The normalized spacial score (nSPS) is 12.4. The van der Waals surface area contributed by atoms with Crippen molar-refractivity contribution in [1.82, 2.24) is 0 Å². The van der Waals surface area contributed by atoms with Crippen LogP contribution in [0.1, 0.15) is 148 Å². The van der Waals surface area contributed by atoms with Crippen LogP contribution in [0.25, 0.3) is 0 Å². The van der Waals surface area contributed by atoms with Gasteiger partial charge in [0.1, 0.15) is 0 Å². The number of aryl methyl sites for hydroxylation is 2. The number of hydrogen-bond acceptors (Lipinski definition) is 1. The van der Waals surface area contributed by atoms with Gasteiger partial charge < -0.3 is 0 Å². The van der Waals surface area contributed by atoms with E-state index in [1.807, 2.05) is 8.46 Å². The Kier molecular flexibility index (Phi) is 18.7. The van der Waals surface area contributed by atoms with Crippen LogP contribution < -0.4 is 3.58 Å². The van der Waals surface area contributed by atoms with E-state index < -0.39 is 18.4 Å². The van der Waals surface area contributed by atoms with Gasteiger partial charge in [0.05, 0.1) is 0 Å². The predicted octanol–water partition coefficient (Wildman–Crippen LogP) is 11.3. The van der Waals surface area contributed by atoms with Gasteiger partial charge >= 0.3 is 225 Å². The first-order chi connectivity index (χ1) is 16.4. The van der Waals surface area contributed by atoms with Gasteiger partial charge in [0.25, 0.3) is 0 Å². The van der Waals surface area contributed by atoms with Gasteiger partial charge in [-0.3, -0.25) is 0 Å². The van der Waals surface area contributed by atoms with Crippen molar-refractivity contribution in [2.75, 3.05) is 0 Å². The Balaban J connectivity index is 3.07. The molecule has 0 bridgehead atoms. The van der Waals surface area contributed by atoms with Crippen molar-refractivity contribution >= 4 is 33.3 Å². The minimum atomic E-state index is -2.35. The Morgan fingerprint density at radius 2 is 1.09 bits per heavy atom. The molecule has 0 amide bonds. The maximum atomic E-state index is 2.83. The molecule has 0 aliphatic carbocycles. The first-order valence-corrected chi connectivity index (χ1v) is 23.8. The van der Waals surface area contributed by atoms with Crippen molar-refractivity contribution in [2.24, 2.45) is 11.8 Å². The van der Waals surface area contributed by atoms with Crippen molar-refractivity contribution in [3.8, 4) is 0 Å². The van der Waals surface area contributed by atoms with Crippen molar-refractivity contribution in [1.29, 1.82) is 0 Å². The van der Waals surface area contributed by atoms with E-state index in [0.29, 0.717) is 0 Å². The number of unbranched alkanes of at least 4 members (excludes halogenated alkanes) is 7. The van der Waals surface area contributed by atoms with Gasteiger partial charge in [0, 0.05) is 0 Å². The van der Waals surface area contributed by atoms with Gasteiger partial charge in [-0.05, 0) is 0 Å². The summed E-state index contributed by atoms with van der Waals surface area (Å²) in [6.45, 7) is 16.8. The molecule has 0 unspecified atom stereocenters. The molecule has 200 valence electrons. The Morgan fingerprint density at radius 1 is 0.618 bits per heavy atom. The number of thiophene rings is 1. The van der Waals surface area contributed by atoms with Gasteiger partial charge in [-0.15, -0.1) is 0 Å². The Bertz CT molecular complexity index is 578. The molecule has 0 saturated heterocycles. The molecule has 1 rings (SSSR count). The van der Waals surface area contributed by atoms with Gasteiger partial charge in [0.15, 0.2) is 0 Å². The fourth-order valence-electron chi connectivity index (χ4n) is 5.61. The summed E-state index contributed by atoms with van der Waals surface area (Å²) in [7, 11) is 0. The molecule has 0 nitrogen and oxygen atoms in total. The zero-order valence-electron chi connectivity index (χ0n) is 24.6. The molecule has 0 aliphatic heterocycles. The molecular formula is C32H62SSn. The second-order valence-corrected chi connectivity index (χ2v) is 26.5. The standard InChI is InChI=1S/C20H35S.3C4H9.Sn/c1-17(2)11-7-5-9-13-19-15-16-20(21-19)14-10-6-8-12-18(3)4;3*1-3-4-2;/h15,17-18H,5-14H2,1-4H3;3*1,3-4H2,2H3;. The van der Waals surface area contributed by atoms with E-state index in [-0.39, 0.29) is 0 Å². The zero-order valence-corrected chi connectivity index (χ0v) is 28.2. The molecule has 0 atom stereocenters. The molecule has 0 N–H and O–H groups in total. The SMILES string of the molecule is CCC[CH2][Sn]([CH2]CCC)([CH2]CCC)[c]1cc(CCCCCC(C)C)sc1CCCCCC(C)C. The van der Waals surface area contributed by atoms with Crippen LogP contribution in [0, 0.1) is 11.8 Å². The number of hydrogen-bond donors (Lipinski definition) is 0. The van der Waals surface area contributed by atoms with Crippen LogP contribution in [-0.2, 0) is 12.8 Å². The topological polar surface area (TPSA) is 0 Å². The summed E-state index contributed by atoms with van der Waals surface area (Å²) in [5.74, 6) is 1.72. The van der Waals surface area contributed by atoms with Crippen molar-refractivity contribution in [2.45, 2.75) is 165 Å². The third-order valence-corrected chi connectivity index (χ3v) is 25.4. The third-order valence-electron chi connectivity index (χ3n) is 7.85. The molecular weight excluding hydrogens is 535 g/mol. The quantitative estimate of drug-likeness (QED) is 0.0921. The van der Waals surface area contributed by atoms with E-state index in [2.05, 4.69) is 65.9 Å². The maximum absolute atomic E-state index is 2.83.